The smallest absolute Gasteiger partial charge is 0.406 e. The lowest BCUT2D eigenvalue weighted by atomic mass is 9.95. The van der Waals surface area contributed by atoms with Crippen LogP contribution in [-0.2, 0) is 13.5 Å². The Balaban J connectivity index is 1.42. The number of aromatic nitrogens is 3. The summed E-state index contributed by atoms with van der Waals surface area (Å²) in [6.07, 6.45) is -2.43. The van der Waals surface area contributed by atoms with Crippen LogP contribution in [0.15, 0.2) is 60.8 Å². The van der Waals surface area contributed by atoms with Crippen LogP contribution in [0.1, 0.15) is 34.6 Å². The highest BCUT2D eigenvalue weighted by molar-refractivity contribution is 5.98. The molecule has 0 N–H and O–H groups in total. The van der Waals surface area contributed by atoms with Crippen molar-refractivity contribution in [3.8, 4) is 17.0 Å². The van der Waals surface area contributed by atoms with Gasteiger partial charge >= 0.3 is 6.36 Å². The van der Waals surface area contributed by atoms with Crippen LogP contribution >= 0.6 is 0 Å². The number of amides is 1. The number of nitrogens with zero attached hydrogens (tertiary/aromatic N) is 4. The Morgan fingerprint density at radius 3 is 2.62 bits per heavy atom. The van der Waals surface area contributed by atoms with Gasteiger partial charge in [-0.1, -0.05) is 6.07 Å². The van der Waals surface area contributed by atoms with Crippen LogP contribution in [0.4, 0.5) is 13.2 Å². The molecule has 1 aliphatic heterocycles. The molecule has 9 heteroatoms. The predicted molar refractivity (Wildman–Crippen MR) is 120 cm³/mol. The van der Waals surface area contributed by atoms with E-state index in [0.29, 0.717) is 18.5 Å². The summed E-state index contributed by atoms with van der Waals surface area (Å²) in [5.74, 6) is -0.354. The van der Waals surface area contributed by atoms with E-state index in [1.54, 1.807) is 41.0 Å². The second kappa shape index (κ2) is 8.16. The summed E-state index contributed by atoms with van der Waals surface area (Å²) in [5, 5.41) is 5.57. The molecule has 2 aromatic heterocycles. The highest BCUT2D eigenvalue weighted by Gasteiger charge is 2.34. The van der Waals surface area contributed by atoms with Gasteiger partial charge in [0, 0.05) is 41.9 Å². The van der Waals surface area contributed by atoms with Crippen LogP contribution in [-0.4, -0.2) is 38.5 Å². The van der Waals surface area contributed by atoms with Crippen LogP contribution in [0.3, 0.4) is 0 Å². The maximum absolute atomic E-state index is 13.3. The monoisotopic (exact) mass is 466 g/mol. The van der Waals surface area contributed by atoms with E-state index in [9.17, 15) is 18.0 Å². The third kappa shape index (κ3) is 3.98. The number of aryl methyl sites for hydroxylation is 1. The molecule has 1 atom stereocenters. The van der Waals surface area contributed by atoms with Gasteiger partial charge in [-0.25, -0.2) is 0 Å². The fourth-order valence-corrected chi connectivity index (χ4v) is 4.57. The highest BCUT2D eigenvalue weighted by atomic mass is 19.4. The number of carbonyl (C=O) groups excluding carboxylic acids is 1. The number of alkyl halides is 3. The molecule has 0 spiro atoms. The summed E-state index contributed by atoms with van der Waals surface area (Å²) in [7, 11) is 1.79. The third-order valence-corrected chi connectivity index (χ3v) is 6.11. The second-order valence-corrected chi connectivity index (χ2v) is 8.24. The van der Waals surface area contributed by atoms with Crippen molar-refractivity contribution < 1.29 is 22.7 Å². The minimum Gasteiger partial charge on any atom is -0.406 e. The lowest BCUT2D eigenvalue weighted by Gasteiger charge is -2.33. The molecule has 0 radical (unpaired) electrons. The number of carbonyl (C=O) groups is 1. The quantitative estimate of drug-likeness (QED) is 0.412. The predicted octanol–water partition coefficient (Wildman–Crippen LogP) is 5.29. The molecular formula is C25H21F3N4O2. The third-order valence-electron chi connectivity index (χ3n) is 6.11. The second-order valence-electron chi connectivity index (χ2n) is 8.24. The molecule has 34 heavy (non-hydrogen) atoms. The average molecular weight is 466 g/mol. The topological polar surface area (TPSA) is 60.2 Å². The normalized spacial score (nSPS) is 15.9. The lowest BCUT2D eigenvalue weighted by Crippen LogP contribution is -2.38. The largest absolute Gasteiger partial charge is 0.573 e. The van der Waals surface area contributed by atoms with E-state index >= 15 is 0 Å². The van der Waals surface area contributed by atoms with Crippen molar-refractivity contribution in [3.05, 3.63) is 77.6 Å². The zero-order valence-electron chi connectivity index (χ0n) is 18.5. The first-order valence-corrected chi connectivity index (χ1v) is 10.8. The maximum Gasteiger partial charge on any atom is 0.573 e. The van der Waals surface area contributed by atoms with Gasteiger partial charge in [-0.3, -0.25) is 14.5 Å². The molecule has 3 heterocycles. The van der Waals surface area contributed by atoms with Gasteiger partial charge in [0.15, 0.2) is 0 Å². The van der Waals surface area contributed by atoms with E-state index in [1.807, 2.05) is 31.2 Å². The zero-order valence-corrected chi connectivity index (χ0v) is 18.5. The number of ether oxygens (including phenoxy) is 1. The van der Waals surface area contributed by atoms with Crippen molar-refractivity contribution in [3.63, 3.8) is 0 Å². The van der Waals surface area contributed by atoms with E-state index in [1.165, 1.54) is 12.1 Å². The van der Waals surface area contributed by atoms with Gasteiger partial charge in [0.1, 0.15) is 5.75 Å². The summed E-state index contributed by atoms with van der Waals surface area (Å²) < 4.78 is 43.1. The molecule has 0 unspecified atom stereocenters. The number of hydrogen-bond donors (Lipinski definition) is 0. The first-order valence-electron chi connectivity index (χ1n) is 10.8. The first-order chi connectivity index (χ1) is 16.2. The molecule has 0 saturated carbocycles. The molecule has 2 aromatic carbocycles. The molecule has 4 aromatic rings. The van der Waals surface area contributed by atoms with E-state index in [4.69, 9.17) is 0 Å². The van der Waals surface area contributed by atoms with Gasteiger partial charge in [-0.05, 0) is 61.9 Å². The van der Waals surface area contributed by atoms with Gasteiger partial charge in [-0.15, -0.1) is 13.2 Å². The number of hydrogen-bond acceptors (Lipinski definition) is 4. The maximum atomic E-state index is 13.3. The van der Waals surface area contributed by atoms with Crippen LogP contribution in [0.25, 0.3) is 22.2 Å². The van der Waals surface area contributed by atoms with E-state index in [0.717, 1.165) is 33.4 Å². The standard InChI is InChI=1S/C25H21F3N4O2/c1-15-22-20(23(31(2)30-22)16-5-8-19(9-6-16)34-25(26,27)28)11-13-32(15)24(33)18-7-10-21-17(14-18)4-3-12-29-21/h3-10,12,14-15H,11,13H2,1-2H3/t15-/m0/s1. The molecular weight excluding hydrogens is 445 g/mol. The van der Waals surface area contributed by atoms with E-state index in [-0.39, 0.29) is 17.7 Å². The van der Waals surface area contributed by atoms with Crippen LogP contribution in [0.2, 0.25) is 0 Å². The van der Waals surface area contributed by atoms with Crippen LogP contribution in [0, 0.1) is 0 Å². The molecule has 0 saturated heterocycles. The summed E-state index contributed by atoms with van der Waals surface area (Å²) >= 11 is 0. The average Bonchev–Trinajstić information content (AvgIpc) is 3.15. The fourth-order valence-electron chi connectivity index (χ4n) is 4.57. The fraction of sp³-hybridized carbons (Fsp3) is 0.240. The molecule has 1 aliphatic rings. The van der Waals surface area contributed by atoms with Crippen LogP contribution in [0.5, 0.6) is 5.75 Å². The Hall–Kier alpha value is -3.88. The Kier molecular flexibility index (Phi) is 5.27. The van der Waals surface area contributed by atoms with Crippen molar-refractivity contribution in [1.82, 2.24) is 19.7 Å². The number of halogens is 3. The van der Waals surface area contributed by atoms with Gasteiger partial charge in [0.2, 0.25) is 0 Å². The van der Waals surface area contributed by atoms with Gasteiger partial charge in [-0.2, -0.15) is 5.10 Å². The first kappa shape index (κ1) is 21.9. The lowest BCUT2D eigenvalue weighted by molar-refractivity contribution is -0.274. The van der Waals surface area contributed by atoms with Gasteiger partial charge in [0.05, 0.1) is 22.9 Å². The number of rotatable bonds is 3. The van der Waals surface area contributed by atoms with Gasteiger partial charge < -0.3 is 9.64 Å². The summed E-state index contributed by atoms with van der Waals surface area (Å²) in [4.78, 5) is 19.4. The van der Waals surface area contributed by atoms with Crippen molar-refractivity contribution in [2.24, 2.45) is 7.05 Å². The van der Waals surface area contributed by atoms with E-state index in [2.05, 4.69) is 14.8 Å². The molecule has 0 aliphatic carbocycles. The molecule has 0 bridgehead atoms. The Morgan fingerprint density at radius 1 is 1.12 bits per heavy atom. The molecule has 6 nitrogen and oxygen atoms in total. The van der Waals surface area contributed by atoms with E-state index < -0.39 is 6.36 Å². The van der Waals surface area contributed by atoms with Crippen LogP contribution < -0.4 is 4.74 Å². The Morgan fingerprint density at radius 2 is 1.88 bits per heavy atom. The summed E-state index contributed by atoms with van der Waals surface area (Å²) in [6, 6.07) is 14.7. The summed E-state index contributed by atoms with van der Waals surface area (Å²) in [5.41, 5.74) is 4.76. The highest BCUT2D eigenvalue weighted by Crippen LogP contribution is 2.37. The molecule has 1 amide bonds. The number of benzene rings is 2. The number of fused-ring (bicyclic) bond motifs is 2. The zero-order chi connectivity index (χ0) is 24.0. The van der Waals surface area contributed by atoms with Crippen molar-refractivity contribution in [2.75, 3.05) is 6.54 Å². The number of pyridine rings is 1. The Labute approximate surface area is 193 Å². The minimum absolute atomic E-state index is 0.0789. The summed E-state index contributed by atoms with van der Waals surface area (Å²) in [6.45, 7) is 2.45. The van der Waals surface area contributed by atoms with Gasteiger partial charge in [0.25, 0.3) is 5.91 Å². The van der Waals surface area contributed by atoms with Crippen molar-refractivity contribution in [1.29, 1.82) is 0 Å². The molecule has 0 fully saturated rings. The molecule has 174 valence electrons. The van der Waals surface area contributed by atoms with Crippen molar-refractivity contribution >= 4 is 16.8 Å². The molecule has 5 rings (SSSR count). The minimum atomic E-state index is -4.74. The Bertz CT molecular complexity index is 1380. The SMILES string of the molecule is C[C@H]1c2nn(C)c(-c3ccc(OC(F)(F)F)cc3)c2CCN1C(=O)c1ccc2ncccc2c1. The van der Waals surface area contributed by atoms with Crippen molar-refractivity contribution in [2.45, 2.75) is 25.7 Å².